The summed E-state index contributed by atoms with van der Waals surface area (Å²) in [5.74, 6) is 0. The summed E-state index contributed by atoms with van der Waals surface area (Å²) in [4.78, 5) is 6.72. The number of hydrogen-bond acceptors (Lipinski definition) is 3. The second-order valence-electron chi connectivity index (χ2n) is 4.79. The van der Waals surface area contributed by atoms with Crippen LogP contribution in [-0.4, -0.2) is 46.8 Å². The Balaban J connectivity index is 1.55. The van der Waals surface area contributed by atoms with E-state index in [-0.39, 0.29) is 0 Å². The van der Waals surface area contributed by atoms with Crippen LogP contribution in [0.4, 0.5) is 0 Å². The third-order valence-electron chi connectivity index (χ3n) is 3.87. The Kier molecular flexibility index (Phi) is 2.93. The van der Waals surface area contributed by atoms with E-state index in [1.54, 1.807) is 0 Å². The van der Waals surface area contributed by atoms with Crippen LogP contribution >= 0.6 is 0 Å². The molecular weight excluding hydrogens is 202 g/mol. The Hall–Kier alpha value is -0.870. The number of likely N-dealkylation sites (tertiary alicyclic amines) is 1. The van der Waals surface area contributed by atoms with Crippen molar-refractivity contribution in [1.29, 1.82) is 0 Å². The number of rotatable bonds is 2. The molecule has 3 heterocycles. The standard InChI is InChI=1S/C12H19N3O/c1-5-14(12-3-8-16-9-12)6-2-11(1)15-7-4-13-10-15/h4,7,10-12H,1-3,5-6,8-9H2. The molecule has 0 aliphatic carbocycles. The van der Waals surface area contributed by atoms with Crippen LogP contribution in [-0.2, 0) is 4.74 Å². The summed E-state index contributed by atoms with van der Waals surface area (Å²) in [7, 11) is 0. The Bertz CT molecular complexity index is 311. The van der Waals surface area contributed by atoms with Gasteiger partial charge in [0.25, 0.3) is 0 Å². The van der Waals surface area contributed by atoms with E-state index in [1.807, 2.05) is 12.5 Å². The lowest BCUT2D eigenvalue weighted by molar-refractivity contribution is 0.112. The molecule has 1 unspecified atom stereocenters. The van der Waals surface area contributed by atoms with Crippen molar-refractivity contribution in [3.05, 3.63) is 18.7 Å². The van der Waals surface area contributed by atoms with Gasteiger partial charge >= 0.3 is 0 Å². The van der Waals surface area contributed by atoms with E-state index in [0.29, 0.717) is 12.1 Å². The Labute approximate surface area is 96.2 Å². The average Bonchev–Trinajstić information content (AvgIpc) is 3.03. The van der Waals surface area contributed by atoms with Gasteiger partial charge < -0.3 is 9.30 Å². The van der Waals surface area contributed by atoms with Crippen molar-refractivity contribution >= 4 is 0 Å². The zero-order chi connectivity index (χ0) is 10.8. The van der Waals surface area contributed by atoms with Crippen molar-refractivity contribution in [2.75, 3.05) is 26.3 Å². The minimum atomic E-state index is 0.654. The van der Waals surface area contributed by atoms with Crippen LogP contribution in [0.2, 0.25) is 0 Å². The highest BCUT2D eigenvalue weighted by Crippen LogP contribution is 2.25. The molecule has 0 spiro atoms. The van der Waals surface area contributed by atoms with Crippen molar-refractivity contribution in [2.45, 2.75) is 31.3 Å². The number of hydrogen-bond donors (Lipinski definition) is 0. The van der Waals surface area contributed by atoms with Gasteiger partial charge in [-0.15, -0.1) is 0 Å². The summed E-state index contributed by atoms with van der Waals surface area (Å²) in [6, 6.07) is 1.34. The van der Waals surface area contributed by atoms with Gasteiger partial charge in [-0.2, -0.15) is 0 Å². The second-order valence-corrected chi connectivity index (χ2v) is 4.79. The number of piperidine rings is 1. The molecule has 16 heavy (non-hydrogen) atoms. The zero-order valence-corrected chi connectivity index (χ0v) is 9.59. The van der Waals surface area contributed by atoms with Gasteiger partial charge in [-0.1, -0.05) is 0 Å². The highest BCUT2D eigenvalue weighted by atomic mass is 16.5. The topological polar surface area (TPSA) is 30.3 Å². The fourth-order valence-corrected chi connectivity index (χ4v) is 2.84. The molecule has 2 aliphatic rings. The first kappa shape index (κ1) is 10.3. The Morgan fingerprint density at radius 1 is 1.12 bits per heavy atom. The van der Waals surface area contributed by atoms with E-state index in [2.05, 4.69) is 20.6 Å². The average molecular weight is 221 g/mol. The SMILES string of the molecule is c1cn(C2CCN(C3CCOC3)CC2)cn1. The molecule has 0 amide bonds. The first-order valence-electron chi connectivity index (χ1n) is 6.23. The molecule has 1 aromatic heterocycles. The maximum absolute atomic E-state index is 5.45. The van der Waals surface area contributed by atoms with Gasteiger partial charge in [0, 0.05) is 44.2 Å². The maximum atomic E-state index is 5.45. The van der Waals surface area contributed by atoms with E-state index < -0.39 is 0 Å². The number of imidazole rings is 1. The van der Waals surface area contributed by atoms with Crippen molar-refractivity contribution in [3.63, 3.8) is 0 Å². The first-order valence-corrected chi connectivity index (χ1v) is 6.23. The predicted octanol–water partition coefficient (Wildman–Crippen LogP) is 1.31. The molecule has 0 radical (unpaired) electrons. The molecule has 2 fully saturated rings. The first-order chi connectivity index (χ1) is 7.93. The predicted molar refractivity (Wildman–Crippen MR) is 61.3 cm³/mol. The molecule has 1 atom stereocenters. The third kappa shape index (κ3) is 1.99. The van der Waals surface area contributed by atoms with Gasteiger partial charge in [-0.05, 0) is 19.3 Å². The quantitative estimate of drug-likeness (QED) is 0.754. The summed E-state index contributed by atoms with van der Waals surface area (Å²) in [6.07, 6.45) is 9.60. The Morgan fingerprint density at radius 2 is 2.00 bits per heavy atom. The molecule has 0 bridgehead atoms. The van der Waals surface area contributed by atoms with E-state index in [1.165, 1.54) is 32.4 Å². The van der Waals surface area contributed by atoms with Crippen molar-refractivity contribution in [3.8, 4) is 0 Å². The summed E-state index contributed by atoms with van der Waals surface area (Å²) < 4.78 is 7.70. The van der Waals surface area contributed by atoms with Crippen LogP contribution in [0.5, 0.6) is 0 Å². The lowest BCUT2D eigenvalue weighted by Crippen LogP contribution is -2.42. The molecule has 1 aromatic rings. The molecule has 2 saturated heterocycles. The van der Waals surface area contributed by atoms with Crippen LogP contribution in [0.1, 0.15) is 25.3 Å². The summed E-state index contributed by atoms with van der Waals surface area (Å²) >= 11 is 0. The van der Waals surface area contributed by atoms with E-state index in [0.717, 1.165) is 13.2 Å². The van der Waals surface area contributed by atoms with E-state index in [4.69, 9.17) is 4.74 Å². The number of ether oxygens (including phenoxy) is 1. The summed E-state index contributed by atoms with van der Waals surface area (Å²) in [6.45, 7) is 4.30. The monoisotopic (exact) mass is 221 g/mol. The molecule has 0 saturated carbocycles. The lowest BCUT2D eigenvalue weighted by Gasteiger charge is -2.35. The van der Waals surface area contributed by atoms with Crippen LogP contribution in [0.3, 0.4) is 0 Å². The minimum Gasteiger partial charge on any atom is -0.380 e. The maximum Gasteiger partial charge on any atom is 0.0948 e. The van der Waals surface area contributed by atoms with Crippen molar-refractivity contribution in [2.24, 2.45) is 0 Å². The highest BCUT2D eigenvalue weighted by Gasteiger charge is 2.27. The molecule has 0 N–H and O–H groups in total. The highest BCUT2D eigenvalue weighted by molar-refractivity contribution is 4.86. The molecule has 4 nitrogen and oxygen atoms in total. The fourth-order valence-electron chi connectivity index (χ4n) is 2.84. The van der Waals surface area contributed by atoms with Crippen LogP contribution < -0.4 is 0 Å². The summed E-state index contributed by atoms with van der Waals surface area (Å²) in [5, 5.41) is 0. The largest absolute Gasteiger partial charge is 0.380 e. The van der Waals surface area contributed by atoms with Gasteiger partial charge in [0.05, 0.1) is 12.9 Å². The fraction of sp³-hybridized carbons (Fsp3) is 0.750. The van der Waals surface area contributed by atoms with Crippen molar-refractivity contribution in [1.82, 2.24) is 14.5 Å². The van der Waals surface area contributed by atoms with E-state index in [9.17, 15) is 0 Å². The zero-order valence-electron chi connectivity index (χ0n) is 9.59. The molecule has 2 aliphatic heterocycles. The normalized spacial score (nSPS) is 28.6. The van der Waals surface area contributed by atoms with E-state index >= 15 is 0 Å². The second kappa shape index (κ2) is 4.55. The van der Waals surface area contributed by atoms with Crippen LogP contribution in [0.15, 0.2) is 18.7 Å². The lowest BCUT2D eigenvalue weighted by atomic mass is 10.0. The molecule has 4 heteroatoms. The molecule has 3 rings (SSSR count). The van der Waals surface area contributed by atoms with Gasteiger partial charge in [0.2, 0.25) is 0 Å². The van der Waals surface area contributed by atoms with Crippen LogP contribution in [0, 0.1) is 0 Å². The minimum absolute atomic E-state index is 0.654. The third-order valence-corrected chi connectivity index (χ3v) is 3.87. The van der Waals surface area contributed by atoms with Gasteiger partial charge in [0.15, 0.2) is 0 Å². The Morgan fingerprint density at radius 3 is 2.62 bits per heavy atom. The molecular formula is C12H19N3O. The van der Waals surface area contributed by atoms with Crippen molar-refractivity contribution < 1.29 is 4.74 Å². The summed E-state index contributed by atoms with van der Waals surface area (Å²) in [5.41, 5.74) is 0. The van der Waals surface area contributed by atoms with Gasteiger partial charge in [-0.3, -0.25) is 4.90 Å². The number of aromatic nitrogens is 2. The molecule has 0 aromatic carbocycles. The number of nitrogens with zero attached hydrogens (tertiary/aromatic N) is 3. The smallest absolute Gasteiger partial charge is 0.0948 e. The molecule has 88 valence electrons. The van der Waals surface area contributed by atoms with Gasteiger partial charge in [0.1, 0.15) is 0 Å². The van der Waals surface area contributed by atoms with Crippen LogP contribution in [0.25, 0.3) is 0 Å². The van der Waals surface area contributed by atoms with Gasteiger partial charge in [-0.25, -0.2) is 4.98 Å².